The molecule has 0 unspecified atom stereocenters. The molecule has 5 N–H and O–H groups in total. The average molecular weight is 275 g/mol. The van der Waals surface area contributed by atoms with Gasteiger partial charge in [-0.25, -0.2) is 13.6 Å². The van der Waals surface area contributed by atoms with Gasteiger partial charge in [-0.2, -0.15) is 15.0 Å². The largest absolute Gasteiger partial charge is 0.368 e. The van der Waals surface area contributed by atoms with Gasteiger partial charge in [-0.1, -0.05) is 0 Å². The number of hydrogen-bond donors (Lipinski definition) is 3. The summed E-state index contributed by atoms with van der Waals surface area (Å²) in [6.07, 6.45) is 0.363. The Balaban J connectivity index is 2.57. The van der Waals surface area contributed by atoms with Gasteiger partial charge in [0.25, 0.3) is 0 Å². The van der Waals surface area contributed by atoms with Crippen molar-refractivity contribution in [2.45, 2.75) is 6.42 Å². The van der Waals surface area contributed by atoms with E-state index in [4.69, 9.17) is 10.9 Å². The van der Waals surface area contributed by atoms with Crippen LogP contribution in [0.2, 0.25) is 0 Å². The fourth-order valence-electron chi connectivity index (χ4n) is 1.13. The van der Waals surface area contributed by atoms with Crippen molar-refractivity contribution in [3.63, 3.8) is 0 Å². The molecule has 0 aromatic carbocycles. The molecule has 9 nitrogen and oxygen atoms in total. The van der Waals surface area contributed by atoms with Gasteiger partial charge in [0.05, 0.1) is 5.75 Å². The van der Waals surface area contributed by atoms with Gasteiger partial charge in [-0.05, 0) is 6.42 Å². The molecule has 0 radical (unpaired) electrons. The Hall–Kier alpha value is -1.68. The molecule has 0 saturated heterocycles. The maximum absolute atomic E-state index is 10.7. The molecular weight excluding hydrogens is 258 g/mol. The summed E-state index contributed by atoms with van der Waals surface area (Å²) in [6, 6.07) is 0. The van der Waals surface area contributed by atoms with E-state index in [0.29, 0.717) is 24.9 Å². The molecule has 1 rings (SSSR count). The smallest absolute Gasteiger partial charge is 0.231 e. The molecule has 18 heavy (non-hydrogen) atoms. The summed E-state index contributed by atoms with van der Waals surface area (Å²) in [5.41, 5.74) is 5.53. The number of rotatable bonds is 6. The molecule has 102 valence electrons. The van der Waals surface area contributed by atoms with Gasteiger partial charge >= 0.3 is 0 Å². The van der Waals surface area contributed by atoms with Crippen LogP contribution < -0.4 is 21.1 Å². The molecule has 1 aromatic rings. The third-order valence-electron chi connectivity index (χ3n) is 1.93. The predicted octanol–water partition coefficient (Wildman–Crippen LogP) is -1.39. The molecule has 0 atom stereocenters. The minimum Gasteiger partial charge on any atom is -0.368 e. The van der Waals surface area contributed by atoms with Crippen molar-refractivity contribution in [2.24, 2.45) is 5.14 Å². The lowest BCUT2D eigenvalue weighted by molar-refractivity contribution is 0.595. The minimum absolute atomic E-state index is 0.0961. The van der Waals surface area contributed by atoms with Gasteiger partial charge in [0.2, 0.25) is 27.9 Å². The quantitative estimate of drug-likeness (QED) is 0.539. The zero-order valence-electron chi connectivity index (χ0n) is 10.3. The maximum atomic E-state index is 10.7. The highest BCUT2D eigenvalue weighted by Crippen LogP contribution is 2.08. The number of hydrogen-bond acceptors (Lipinski definition) is 8. The molecule has 0 aliphatic heterocycles. The van der Waals surface area contributed by atoms with Crippen molar-refractivity contribution >= 4 is 27.9 Å². The molecule has 10 heteroatoms. The van der Waals surface area contributed by atoms with E-state index in [9.17, 15) is 8.42 Å². The molecule has 0 fully saturated rings. The Morgan fingerprint density at radius 3 is 2.50 bits per heavy atom. The summed E-state index contributed by atoms with van der Waals surface area (Å²) in [6.45, 7) is 0.382. The number of nitrogen functional groups attached to an aromatic ring is 1. The van der Waals surface area contributed by atoms with Gasteiger partial charge in [-0.3, -0.25) is 0 Å². The van der Waals surface area contributed by atoms with Crippen LogP contribution in [0.3, 0.4) is 0 Å². The summed E-state index contributed by atoms with van der Waals surface area (Å²) >= 11 is 0. The van der Waals surface area contributed by atoms with E-state index < -0.39 is 10.0 Å². The number of nitrogens with zero attached hydrogens (tertiary/aromatic N) is 4. The van der Waals surface area contributed by atoms with Gasteiger partial charge in [0.15, 0.2) is 0 Å². The number of primary sulfonamides is 1. The maximum Gasteiger partial charge on any atom is 0.231 e. The van der Waals surface area contributed by atoms with Crippen LogP contribution in [-0.2, 0) is 10.0 Å². The van der Waals surface area contributed by atoms with Crippen molar-refractivity contribution < 1.29 is 8.42 Å². The van der Waals surface area contributed by atoms with Crippen LogP contribution in [0.25, 0.3) is 0 Å². The molecule has 1 heterocycles. The monoisotopic (exact) mass is 275 g/mol. The summed E-state index contributed by atoms with van der Waals surface area (Å²) in [7, 11) is 0.120. The van der Waals surface area contributed by atoms with E-state index in [0.717, 1.165) is 0 Å². The highest BCUT2D eigenvalue weighted by molar-refractivity contribution is 7.89. The van der Waals surface area contributed by atoms with Crippen LogP contribution in [0.15, 0.2) is 0 Å². The second kappa shape index (κ2) is 5.78. The predicted molar refractivity (Wildman–Crippen MR) is 69.6 cm³/mol. The van der Waals surface area contributed by atoms with Gasteiger partial charge < -0.3 is 16.0 Å². The van der Waals surface area contributed by atoms with Crippen LogP contribution in [0.1, 0.15) is 6.42 Å². The van der Waals surface area contributed by atoms with E-state index in [-0.39, 0.29) is 11.7 Å². The van der Waals surface area contributed by atoms with E-state index in [1.54, 1.807) is 19.0 Å². The lowest BCUT2D eigenvalue weighted by Gasteiger charge is -2.11. The summed E-state index contributed by atoms with van der Waals surface area (Å²) in [5.74, 6) is 0.737. The number of aromatic nitrogens is 3. The molecule has 0 spiro atoms. The van der Waals surface area contributed by atoms with E-state index in [2.05, 4.69) is 20.3 Å². The highest BCUT2D eigenvalue weighted by Gasteiger charge is 2.06. The van der Waals surface area contributed by atoms with E-state index in [1.165, 1.54) is 0 Å². The van der Waals surface area contributed by atoms with Crippen LogP contribution in [-0.4, -0.2) is 49.8 Å². The fraction of sp³-hybridized carbons (Fsp3) is 0.625. The number of nitrogens with two attached hydrogens (primary N) is 2. The van der Waals surface area contributed by atoms with Crippen molar-refractivity contribution in [3.05, 3.63) is 0 Å². The van der Waals surface area contributed by atoms with Crippen LogP contribution in [0.4, 0.5) is 17.8 Å². The van der Waals surface area contributed by atoms with Crippen molar-refractivity contribution in [2.75, 3.05) is 42.3 Å². The first-order valence-electron chi connectivity index (χ1n) is 5.21. The lowest BCUT2D eigenvalue weighted by Crippen LogP contribution is -2.20. The molecule has 0 amide bonds. The van der Waals surface area contributed by atoms with Crippen LogP contribution in [0, 0.1) is 0 Å². The summed E-state index contributed by atoms with van der Waals surface area (Å²) in [4.78, 5) is 13.6. The second-order valence-corrected chi connectivity index (χ2v) is 5.59. The van der Waals surface area contributed by atoms with E-state index >= 15 is 0 Å². The van der Waals surface area contributed by atoms with Crippen molar-refractivity contribution in [1.82, 2.24) is 15.0 Å². The van der Waals surface area contributed by atoms with Gasteiger partial charge in [0.1, 0.15) is 0 Å². The fourth-order valence-corrected chi connectivity index (χ4v) is 1.68. The second-order valence-electron chi connectivity index (χ2n) is 3.86. The topological polar surface area (TPSA) is 140 Å². The highest BCUT2D eigenvalue weighted by atomic mass is 32.2. The first-order valence-corrected chi connectivity index (χ1v) is 6.93. The molecular formula is C8H17N7O2S. The zero-order chi connectivity index (χ0) is 13.8. The zero-order valence-corrected chi connectivity index (χ0v) is 11.1. The summed E-state index contributed by atoms with van der Waals surface area (Å²) < 4.78 is 21.4. The molecule has 0 aliphatic rings. The Bertz CT molecular complexity index is 502. The Labute approximate surface area is 106 Å². The molecule has 0 aliphatic carbocycles. The Kier molecular flexibility index (Phi) is 4.62. The summed E-state index contributed by atoms with van der Waals surface area (Å²) in [5, 5.41) is 7.74. The normalized spacial score (nSPS) is 11.3. The van der Waals surface area contributed by atoms with Crippen molar-refractivity contribution in [3.8, 4) is 0 Å². The Morgan fingerprint density at radius 2 is 1.94 bits per heavy atom. The Morgan fingerprint density at radius 1 is 1.28 bits per heavy atom. The SMILES string of the molecule is CN(C)c1nc(N)nc(NCCCS(N)(=O)=O)n1. The molecule has 1 aromatic heterocycles. The average Bonchev–Trinajstić information content (AvgIpc) is 2.22. The number of nitrogens with one attached hydrogen (secondary N) is 1. The van der Waals surface area contributed by atoms with Gasteiger partial charge in [-0.15, -0.1) is 0 Å². The lowest BCUT2D eigenvalue weighted by atomic mass is 10.5. The van der Waals surface area contributed by atoms with Crippen molar-refractivity contribution in [1.29, 1.82) is 0 Å². The standard InChI is InChI=1S/C8H17N7O2S/c1-15(2)8-13-6(9)12-7(14-8)11-4-3-5-18(10,16)17/h3-5H2,1-2H3,(H2,10,16,17)(H3,9,11,12,13,14). The third kappa shape index (κ3) is 5.10. The van der Waals surface area contributed by atoms with Crippen LogP contribution >= 0.6 is 0 Å². The van der Waals surface area contributed by atoms with Gasteiger partial charge in [0, 0.05) is 20.6 Å². The minimum atomic E-state index is -3.43. The molecule has 0 saturated carbocycles. The first kappa shape index (κ1) is 14.4. The van der Waals surface area contributed by atoms with E-state index in [1.807, 2.05) is 0 Å². The first-order chi connectivity index (χ1) is 8.28. The number of sulfonamides is 1. The third-order valence-corrected chi connectivity index (χ3v) is 2.79. The van der Waals surface area contributed by atoms with Crippen LogP contribution in [0.5, 0.6) is 0 Å². The number of anilines is 3. The molecule has 0 bridgehead atoms.